The summed E-state index contributed by atoms with van der Waals surface area (Å²) in [6, 6.07) is 69.7. The van der Waals surface area contributed by atoms with Gasteiger partial charge in [-0.05, 0) is 134 Å². The molecule has 8 aromatic rings. The van der Waals surface area contributed by atoms with Gasteiger partial charge in [-0.2, -0.15) is 0 Å². The largest absolute Gasteiger partial charge is 0.310 e. The fourth-order valence-electron chi connectivity index (χ4n) is 9.33. The molecule has 0 saturated heterocycles. The van der Waals surface area contributed by atoms with Crippen LogP contribution in [0.4, 0.5) is 17.1 Å². The fourth-order valence-corrected chi connectivity index (χ4v) is 9.33. The molecule has 0 aromatic heterocycles. The molecule has 270 valence electrons. The van der Waals surface area contributed by atoms with Gasteiger partial charge in [0.15, 0.2) is 0 Å². The van der Waals surface area contributed by atoms with E-state index in [9.17, 15) is 0 Å². The maximum atomic E-state index is 2.48. The number of fused-ring (bicyclic) bond motifs is 4. The van der Waals surface area contributed by atoms with Gasteiger partial charge in [-0.25, -0.2) is 0 Å². The minimum Gasteiger partial charge on any atom is -0.310 e. The van der Waals surface area contributed by atoms with Gasteiger partial charge in [0, 0.05) is 22.4 Å². The number of para-hydroxylation sites is 1. The van der Waals surface area contributed by atoms with Crippen LogP contribution in [0, 0.1) is 0 Å². The van der Waals surface area contributed by atoms with Crippen molar-refractivity contribution < 1.29 is 0 Å². The minimum atomic E-state index is -0.131. The van der Waals surface area contributed by atoms with Crippen LogP contribution in [0.1, 0.15) is 48.9 Å². The molecule has 0 bridgehead atoms. The monoisotopic (exact) mass is 719 g/mol. The number of nitrogens with zero attached hydrogens (tertiary/aromatic N) is 1. The Morgan fingerprint density at radius 1 is 0.375 bits per heavy atom. The highest BCUT2D eigenvalue weighted by Gasteiger charge is 2.37. The number of anilines is 3. The Morgan fingerprint density at radius 3 is 1.59 bits per heavy atom. The summed E-state index contributed by atoms with van der Waals surface area (Å²) >= 11 is 0. The average Bonchev–Trinajstić information content (AvgIpc) is 3.49. The van der Waals surface area contributed by atoms with Gasteiger partial charge in [0.25, 0.3) is 0 Å². The molecule has 0 heterocycles. The molecule has 2 aliphatic carbocycles. The summed E-state index contributed by atoms with van der Waals surface area (Å²) in [5, 5.41) is 0. The van der Waals surface area contributed by atoms with Crippen LogP contribution in [-0.4, -0.2) is 0 Å². The van der Waals surface area contributed by atoms with Crippen LogP contribution < -0.4 is 4.90 Å². The van der Waals surface area contributed by atoms with Crippen molar-refractivity contribution in [2.24, 2.45) is 0 Å². The molecule has 2 aliphatic rings. The second kappa shape index (κ2) is 14.0. The molecule has 0 unspecified atom stereocenters. The number of hydrogen-bond acceptors (Lipinski definition) is 1. The van der Waals surface area contributed by atoms with Gasteiger partial charge in [0.05, 0.1) is 5.69 Å². The highest BCUT2D eigenvalue weighted by Crippen LogP contribution is 2.53. The maximum absolute atomic E-state index is 2.48. The standard InChI is InChI=1S/C55H45N/c1-55(2)52-23-12-11-21-49(52)51-36-50(44-30-28-43(29-31-44)48-22-13-17-42-16-9-10-20-47(42)48)54(37-53(51)55)56(45-18-7-4-8-19-45)46-34-32-41(33-35-46)40-26-24-39(25-27-40)38-14-5-3-6-15-38/h3-8,11-15,17-19,21-37H,9-10,16,20H2,1-2H3. The third kappa shape index (κ3) is 5.96. The molecule has 0 aliphatic heterocycles. The molecule has 0 amide bonds. The van der Waals surface area contributed by atoms with E-state index in [2.05, 4.69) is 207 Å². The zero-order valence-electron chi connectivity index (χ0n) is 32.2. The van der Waals surface area contributed by atoms with Crippen LogP contribution in [0.3, 0.4) is 0 Å². The van der Waals surface area contributed by atoms with Crippen LogP contribution in [0.2, 0.25) is 0 Å². The Labute approximate surface area is 331 Å². The second-order valence-electron chi connectivity index (χ2n) is 16.0. The van der Waals surface area contributed by atoms with Crippen molar-refractivity contribution in [2.45, 2.75) is 44.9 Å². The molecule has 8 aromatic carbocycles. The summed E-state index contributed by atoms with van der Waals surface area (Å²) in [6.45, 7) is 4.75. The highest BCUT2D eigenvalue weighted by atomic mass is 15.1. The summed E-state index contributed by atoms with van der Waals surface area (Å²) in [4.78, 5) is 2.46. The zero-order valence-corrected chi connectivity index (χ0v) is 32.2. The lowest BCUT2D eigenvalue weighted by molar-refractivity contribution is 0.660. The molecule has 1 nitrogen and oxygen atoms in total. The molecule has 0 fully saturated rings. The van der Waals surface area contributed by atoms with E-state index in [1.165, 1.54) is 109 Å². The molecule has 0 atom stereocenters. The van der Waals surface area contributed by atoms with Gasteiger partial charge in [0.1, 0.15) is 0 Å². The lowest BCUT2D eigenvalue weighted by Crippen LogP contribution is -2.17. The Morgan fingerprint density at radius 2 is 0.893 bits per heavy atom. The van der Waals surface area contributed by atoms with Crippen molar-refractivity contribution in [3.8, 4) is 55.6 Å². The number of aryl methyl sites for hydroxylation is 1. The van der Waals surface area contributed by atoms with Gasteiger partial charge in [-0.15, -0.1) is 0 Å². The van der Waals surface area contributed by atoms with E-state index in [4.69, 9.17) is 0 Å². The first-order valence-electron chi connectivity index (χ1n) is 20.1. The van der Waals surface area contributed by atoms with Gasteiger partial charge in [0.2, 0.25) is 0 Å². The van der Waals surface area contributed by atoms with Crippen molar-refractivity contribution in [3.05, 3.63) is 210 Å². The Balaban J connectivity index is 1.11. The Bertz CT molecular complexity index is 2670. The minimum absolute atomic E-state index is 0.131. The lowest BCUT2D eigenvalue weighted by atomic mass is 9.81. The van der Waals surface area contributed by atoms with E-state index >= 15 is 0 Å². The predicted molar refractivity (Wildman–Crippen MR) is 237 cm³/mol. The summed E-state index contributed by atoms with van der Waals surface area (Å²) in [7, 11) is 0. The first-order chi connectivity index (χ1) is 27.5. The van der Waals surface area contributed by atoms with Crippen LogP contribution in [0.5, 0.6) is 0 Å². The summed E-state index contributed by atoms with van der Waals surface area (Å²) in [5.41, 5.74) is 21.8. The lowest BCUT2D eigenvalue weighted by Gasteiger charge is -2.30. The van der Waals surface area contributed by atoms with E-state index < -0.39 is 0 Å². The van der Waals surface area contributed by atoms with Crippen molar-refractivity contribution in [1.29, 1.82) is 0 Å². The molecular weight excluding hydrogens is 675 g/mol. The van der Waals surface area contributed by atoms with Crippen LogP contribution >= 0.6 is 0 Å². The number of benzene rings is 8. The molecule has 10 rings (SSSR count). The normalized spacial score (nSPS) is 13.8. The van der Waals surface area contributed by atoms with E-state index in [1.807, 2.05) is 0 Å². The summed E-state index contributed by atoms with van der Waals surface area (Å²) < 4.78 is 0. The van der Waals surface area contributed by atoms with Gasteiger partial charge in [-0.3, -0.25) is 0 Å². The zero-order chi connectivity index (χ0) is 37.6. The van der Waals surface area contributed by atoms with E-state index in [0.29, 0.717) is 0 Å². The third-order valence-electron chi connectivity index (χ3n) is 12.3. The average molecular weight is 720 g/mol. The molecule has 1 heteroatoms. The molecule has 0 saturated carbocycles. The smallest absolute Gasteiger partial charge is 0.0543 e. The summed E-state index contributed by atoms with van der Waals surface area (Å²) in [6.07, 6.45) is 4.92. The molecule has 0 N–H and O–H groups in total. The number of hydrogen-bond donors (Lipinski definition) is 0. The summed E-state index contributed by atoms with van der Waals surface area (Å²) in [5.74, 6) is 0. The van der Waals surface area contributed by atoms with Gasteiger partial charge >= 0.3 is 0 Å². The van der Waals surface area contributed by atoms with Crippen LogP contribution in [0.15, 0.2) is 188 Å². The second-order valence-corrected chi connectivity index (χ2v) is 16.0. The van der Waals surface area contributed by atoms with E-state index in [-0.39, 0.29) is 5.41 Å². The van der Waals surface area contributed by atoms with Crippen molar-refractivity contribution >= 4 is 17.1 Å². The molecule has 56 heavy (non-hydrogen) atoms. The SMILES string of the molecule is CC1(C)c2ccccc2-c2cc(-c3ccc(-c4cccc5c4CCCC5)cc3)c(N(c3ccccc3)c3ccc(-c4ccc(-c5ccccc5)cc4)cc3)cc21. The molecule has 0 radical (unpaired) electrons. The Kier molecular flexibility index (Phi) is 8.52. The van der Waals surface area contributed by atoms with Crippen molar-refractivity contribution in [1.82, 2.24) is 0 Å². The fraction of sp³-hybridized carbons (Fsp3) is 0.127. The Hall–Kier alpha value is -6.44. The maximum Gasteiger partial charge on any atom is 0.0543 e. The van der Waals surface area contributed by atoms with E-state index in [1.54, 1.807) is 0 Å². The van der Waals surface area contributed by atoms with Crippen LogP contribution in [0.25, 0.3) is 55.6 Å². The van der Waals surface area contributed by atoms with Crippen molar-refractivity contribution in [3.63, 3.8) is 0 Å². The van der Waals surface area contributed by atoms with Gasteiger partial charge < -0.3 is 4.90 Å². The topological polar surface area (TPSA) is 3.24 Å². The predicted octanol–water partition coefficient (Wildman–Crippen LogP) is 15.0. The molecular formula is C55H45N. The first-order valence-corrected chi connectivity index (χ1v) is 20.1. The first kappa shape index (κ1) is 34.1. The van der Waals surface area contributed by atoms with Crippen molar-refractivity contribution in [2.75, 3.05) is 4.90 Å². The van der Waals surface area contributed by atoms with E-state index in [0.717, 1.165) is 11.4 Å². The van der Waals surface area contributed by atoms with Gasteiger partial charge in [-0.1, -0.05) is 166 Å². The molecule has 0 spiro atoms. The third-order valence-corrected chi connectivity index (χ3v) is 12.3. The number of rotatable bonds is 7. The highest BCUT2D eigenvalue weighted by molar-refractivity contribution is 5.95. The van der Waals surface area contributed by atoms with Crippen LogP contribution in [-0.2, 0) is 18.3 Å². The quantitative estimate of drug-likeness (QED) is 0.159.